The van der Waals surface area contributed by atoms with Crippen molar-refractivity contribution in [1.82, 2.24) is 4.90 Å². The van der Waals surface area contributed by atoms with Gasteiger partial charge >= 0.3 is 0 Å². The molecule has 0 aromatic heterocycles. The van der Waals surface area contributed by atoms with E-state index in [-0.39, 0.29) is 12.5 Å². The molecule has 20 heavy (non-hydrogen) atoms. The monoisotopic (exact) mass is 277 g/mol. The van der Waals surface area contributed by atoms with Gasteiger partial charge in [-0.15, -0.1) is 0 Å². The van der Waals surface area contributed by atoms with E-state index in [2.05, 4.69) is 0 Å². The maximum Gasteiger partial charge on any atom is 0.260 e. The number of hydrogen-bond acceptors (Lipinski definition) is 4. The van der Waals surface area contributed by atoms with Crippen LogP contribution >= 0.6 is 0 Å². The molecule has 1 aromatic rings. The first-order valence-corrected chi connectivity index (χ1v) is 7.07. The minimum absolute atomic E-state index is 0.00643. The lowest BCUT2D eigenvalue weighted by atomic mass is 10.1. The number of morpholine rings is 1. The Morgan fingerprint density at radius 2 is 2.10 bits per heavy atom. The lowest BCUT2D eigenvalue weighted by Crippen LogP contribution is -2.42. The summed E-state index contributed by atoms with van der Waals surface area (Å²) < 4.78 is 16.4. The largest absolute Gasteiger partial charge is 0.493 e. The number of benzene rings is 1. The fourth-order valence-corrected chi connectivity index (χ4v) is 2.46. The third kappa shape index (κ3) is 3.04. The molecule has 2 aliphatic rings. The van der Waals surface area contributed by atoms with Gasteiger partial charge in [-0.2, -0.15) is 0 Å². The second-order valence-corrected chi connectivity index (χ2v) is 5.00. The van der Waals surface area contributed by atoms with Gasteiger partial charge in [0.2, 0.25) is 0 Å². The molecule has 1 saturated heterocycles. The van der Waals surface area contributed by atoms with Crippen LogP contribution in [0.5, 0.6) is 11.5 Å². The summed E-state index contributed by atoms with van der Waals surface area (Å²) in [4.78, 5) is 13.8. The summed E-state index contributed by atoms with van der Waals surface area (Å²) in [6.45, 7) is 3.34. The summed E-state index contributed by atoms with van der Waals surface area (Å²) >= 11 is 0. The Bertz CT molecular complexity index is 483. The Labute approximate surface area is 118 Å². The van der Waals surface area contributed by atoms with Crippen molar-refractivity contribution >= 4 is 5.91 Å². The molecule has 5 nitrogen and oxygen atoms in total. The van der Waals surface area contributed by atoms with E-state index < -0.39 is 0 Å². The van der Waals surface area contributed by atoms with Crippen LogP contribution in [0.4, 0.5) is 0 Å². The second kappa shape index (κ2) is 6.13. The van der Waals surface area contributed by atoms with Crippen molar-refractivity contribution in [3.63, 3.8) is 0 Å². The normalized spacial score (nSPS) is 18.1. The average molecular weight is 277 g/mol. The van der Waals surface area contributed by atoms with Gasteiger partial charge in [-0.1, -0.05) is 6.07 Å². The predicted octanol–water partition coefficient (Wildman–Crippen LogP) is 1.25. The summed E-state index contributed by atoms with van der Waals surface area (Å²) in [7, 11) is 0. The lowest BCUT2D eigenvalue weighted by molar-refractivity contribution is -0.137. The summed E-state index contributed by atoms with van der Waals surface area (Å²) in [6, 6.07) is 5.80. The molecule has 0 radical (unpaired) electrons. The molecule has 5 heteroatoms. The number of carbonyl (C=O) groups is 1. The van der Waals surface area contributed by atoms with E-state index in [1.807, 2.05) is 18.2 Å². The molecule has 2 heterocycles. The number of nitrogens with zero attached hydrogens (tertiary/aromatic N) is 1. The van der Waals surface area contributed by atoms with Crippen LogP contribution in [0.15, 0.2) is 18.2 Å². The van der Waals surface area contributed by atoms with E-state index in [4.69, 9.17) is 14.2 Å². The van der Waals surface area contributed by atoms with E-state index in [1.165, 1.54) is 5.56 Å². The van der Waals surface area contributed by atoms with Gasteiger partial charge in [0, 0.05) is 19.2 Å². The number of ether oxygens (including phenoxy) is 3. The Morgan fingerprint density at radius 1 is 1.25 bits per heavy atom. The SMILES string of the molecule is O=C(COc1ccc2c(c1)OCCC2)N1CCOCC1. The van der Waals surface area contributed by atoms with E-state index in [1.54, 1.807) is 4.90 Å². The van der Waals surface area contributed by atoms with Crippen LogP contribution in [0.25, 0.3) is 0 Å². The smallest absolute Gasteiger partial charge is 0.260 e. The van der Waals surface area contributed by atoms with Gasteiger partial charge in [-0.05, 0) is 24.5 Å². The van der Waals surface area contributed by atoms with Crippen molar-refractivity contribution < 1.29 is 19.0 Å². The van der Waals surface area contributed by atoms with Gasteiger partial charge < -0.3 is 19.1 Å². The molecule has 108 valence electrons. The quantitative estimate of drug-likeness (QED) is 0.834. The van der Waals surface area contributed by atoms with Crippen molar-refractivity contribution in [2.45, 2.75) is 12.8 Å². The van der Waals surface area contributed by atoms with Crippen molar-refractivity contribution in [1.29, 1.82) is 0 Å². The van der Waals surface area contributed by atoms with Gasteiger partial charge in [-0.25, -0.2) is 0 Å². The highest BCUT2D eigenvalue weighted by atomic mass is 16.5. The van der Waals surface area contributed by atoms with Crippen LogP contribution in [0.3, 0.4) is 0 Å². The standard InChI is InChI=1S/C15H19NO4/c17-15(16-5-8-18-9-6-16)11-20-13-4-3-12-2-1-7-19-14(12)10-13/h3-4,10H,1-2,5-9,11H2. The lowest BCUT2D eigenvalue weighted by Gasteiger charge is -2.26. The van der Waals surface area contributed by atoms with E-state index >= 15 is 0 Å². The van der Waals surface area contributed by atoms with Crippen LogP contribution in [0.1, 0.15) is 12.0 Å². The first-order chi connectivity index (χ1) is 9.83. The van der Waals surface area contributed by atoms with E-state index in [0.29, 0.717) is 32.1 Å². The van der Waals surface area contributed by atoms with Gasteiger partial charge in [0.05, 0.1) is 19.8 Å². The number of hydrogen-bond donors (Lipinski definition) is 0. The minimum Gasteiger partial charge on any atom is -0.493 e. The van der Waals surface area contributed by atoms with Gasteiger partial charge in [0.25, 0.3) is 5.91 Å². The number of aryl methyl sites for hydroxylation is 1. The highest BCUT2D eigenvalue weighted by Crippen LogP contribution is 2.28. The zero-order valence-electron chi connectivity index (χ0n) is 11.5. The summed E-state index contributed by atoms with van der Waals surface area (Å²) in [5.74, 6) is 1.58. The second-order valence-electron chi connectivity index (χ2n) is 5.00. The highest BCUT2D eigenvalue weighted by molar-refractivity contribution is 5.77. The van der Waals surface area contributed by atoms with Crippen molar-refractivity contribution in [2.24, 2.45) is 0 Å². The molecule has 0 spiro atoms. The molecule has 0 bridgehead atoms. The maximum atomic E-state index is 12.0. The van der Waals surface area contributed by atoms with Crippen LogP contribution < -0.4 is 9.47 Å². The minimum atomic E-state index is 0.00643. The van der Waals surface area contributed by atoms with E-state index in [0.717, 1.165) is 25.2 Å². The Hall–Kier alpha value is -1.75. The molecule has 1 amide bonds. The van der Waals surface area contributed by atoms with Crippen molar-refractivity contribution in [3.8, 4) is 11.5 Å². The first kappa shape index (κ1) is 13.2. The maximum absolute atomic E-state index is 12.0. The van der Waals surface area contributed by atoms with Crippen LogP contribution in [0, 0.1) is 0 Å². The van der Waals surface area contributed by atoms with Crippen LogP contribution in [-0.2, 0) is 16.0 Å². The number of carbonyl (C=O) groups excluding carboxylic acids is 1. The average Bonchev–Trinajstić information content (AvgIpc) is 2.53. The van der Waals surface area contributed by atoms with Crippen LogP contribution in [0.2, 0.25) is 0 Å². The fourth-order valence-electron chi connectivity index (χ4n) is 2.46. The van der Waals surface area contributed by atoms with Crippen LogP contribution in [-0.4, -0.2) is 50.3 Å². The third-order valence-corrected chi connectivity index (χ3v) is 3.61. The zero-order chi connectivity index (χ0) is 13.8. The zero-order valence-corrected chi connectivity index (χ0v) is 11.5. The molecule has 0 aliphatic carbocycles. The summed E-state index contributed by atoms with van der Waals surface area (Å²) in [5, 5.41) is 0. The number of rotatable bonds is 3. The molecule has 0 N–H and O–H groups in total. The molecule has 2 aliphatic heterocycles. The number of fused-ring (bicyclic) bond motifs is 1. The van der Waals surface area contributed by atoms with E-state index in [9.17, 15) is 4.79 Å². The molecular formula is C15H19NO4. The van der Waals surface area contributed by atoms with Gasteiger partial charge in [0.1, 0.15) is 11.5 Å². The Balaban J connectivity index is 1.56. The molecule has 0 saturated carbocycles. The number of amides is 1. The highest BCUT2D eigenvalue weighted by Gasteiger charge is 2.17. The molecule has 1 fully saturated rings. The van der Waals surface area contributed by atoms with Gasteiger partial charge in [-0.3, -0.25) is 4.79 Å². The Kier molecular flexibility index (Phi) is 4.06. The molecule has 0 atom stereocenters. The molecular weight excluding hydrogens is 258 g/mol. The predicted molar refractivity (Wildman–Crippen MR) is 73.2 cm³/mol. The van der Waals surface area contributed by atoms with Crippen molar-refractivity contribution in [2.75, 3.05) is 39.5 Å². The fraction of sp³-hybridized carbons (Fsp3) is 0.533. The molecule has 1 aromatic carbocycles. The van der Waals surface area contributed by atoms with Gasteiger partial charge in [0.15, 0.2) is 6.61 Å². The summed E-state index contributed by atoms with van der Waals surface area (Å²) in [6.07, 6.45) is 2.10. The molecule has 3 rings (SSSR count). The topological polar surface area (TPSA) is 48.0 Å². The third-order valence-electron chi connectivity index (χ3n) is 3.61. The molecule has 0 unspecified atom stereocenters. The Morgan fingerprint density at radius 3 is 2.95 bits per heavy atom. The summed E-state index contributed by atoms with van der Waals surface area (Å²) in [5.41, 5.74) is 1.21. The first-order valence-electron chi connectivity index (χ1n) is 7.07. The van der Waals surface area contributed by atoms with Crippen molar-refractivity contribution in [3.05, 3.63) is 23.8 Å².